The van der Waals surface area contributed by atoms with Crippen LogP contribution in [0.15, 0.2) is 18.3 Å². The van der Waals surface area contributed by atoms with Gasteiger partial charge < -0.3 is 15.4 Å². The molecule has 4 heteroatoms. The highest BCUT2D eigenvalue weighted by Crippen LogP contribution is 2.27. The van der Waals surface area contributed by atoms with Crippen LogP contribution in [0.1, 0.15) is 37.8 Å². The number of amides is 1. The van der Waals surface area contributed by atoms with Crippen molar-refractivity contribution in [3.05, 3.63) is 24.0 Å². The zero-order chi connectivity index (χ0) is 12.1. The minimum atomic E-state index is -0.677. The molecule has 1 aliphatic carbocycles. The normalized spacial score (nSPS) is 18.9. The van der Waals surface area contributed by atoms with Gasteiger partial charge in [-0.1, -0.05) is 19.3 Å². The molecule has 1 aromatic rings. The monoisotopic (exact) mass is 236 g/mol. The fourth-order valence-corrected chi connectivity index (χ4v) is 2.36. The van der Waals surface area contributed by atoms with E-state index in [-0.39, 0.29) is 5.91 Å². The van der Waals surface area contributed by atoms with Crippen LogP contribution in [-0.2, 0) is 11.2 Å². The lowest BCUT2D eigenvalue weighted by atomic mass is 9.85. The number of aromatic amines is 1. The average Bonchev–Trinajstić information content (AvgIpc) is 2.80. The molecule has 0 unspecified atom stereocenters. The summed E-state index contributed by atoms with van der Waals surface area (Å²) >= 11 is 0. The molecule has 0 aliphatic heterocycles. The number of aromatic nitrogens is 1. The second kappa shape index (κ2) is 5.36. The predicted molar refractivity (Wildman–Crippen MR) is 65.5 cm³/mol. The lowest BCUT2D eigenvalue weighted by Gasteiger charge is -2.32. The first-order valence-electron chi connectivity index (χ1n) is 6.29. The van der Waals surface area contributed by atoms with E-state index in [1.807, 2.05) is 12.1 Å². The van der Waals surface area contributed by atoms with Crippen molar-refractivity contribution < 1.29 is 9.90 Å². The first-order valence-corrected chi connectivity index (χ1v) is 6.29. The number of aliphatic hydroxyl groups is 1. The third kappa shape index (κ3) is 3.60. The van der Waals surface area contributed by atoms with Crippen LogP contribution in [0.3, 0.4) is 0 Å². The van der Waals surface area contributed by atoms with Gasteiger partial charge in [0.05, 0.1) is 12.0 Å². The topological polar surface area (TPSA) is 65.1 Å². The highest BCUT2D eigenvalue weighted by molar-refractivity contribution is 5.78. The molecule has 3 N–H and O–H groups in total. The summed E-state index contributed by atoms with van der Waals surface area (Å²) in [5.74, 6) is -0.0357. The first kappa shape index (κ1) is 12.2. The van der Waals surface area contributed by atoms with Gasteiger partial charge in [0.2, 0.25) is 5.91 Å². The summed E-state index contributed by atoms with van der Waals surface area (Å²) in [4.78, 5) is 14.6. The summed E-state index contributed by atoms with van der Waals surface area (Å²) in [5.41, 5.74) is 0.224. The summed E-state index contributed by atoms with van der Waals surface area (Å²) in [6.07, 6.45) is 7.07. The van der Waals surface area contributed by atoms with E-state index in [1.54, 1.807) is 6.20 Å². The Hall–Kier alpha value is -1.29. The molecule has 0 aromatic carbocycles. The van der Waals surface area contributed by atoms with Crippen molar-refractivity contribution in [3.63, 3.8) is 0 Å². The Labute approximate surface area is 101 Å². The molecule has 1 saturated carbocycles. The molecule has 1 aromatic heterocycles. The molecule has 4 nitrogen and oxygen atoms in total. The van der Waals surface area contributed by atoms with Crippen LogP contribution in [0, 0.1) is 0 Å². The summed E-state index contributed by atoms with van der Waals surface area (Å²) in [6, 6.07) is 3.76. The molecule has 94 valence electrons. The molecule has 1 aliphatic rings. The van der Waals surface area contributed by atoms with Crippen molar-refractivity contribution in [1.82, 2.24) is 10.3 Å². The van der Waals surface area contributed by atoms with Crippen molar-refractivity contribution in [2.75, 3.05) is 6.54 Å². The van der Waals surface area contributed by atoms with Gasteiger partial charge in [-0.2, -0.15) is 0 Å². The molecule has 0 radical (unpaired) electrons. The Morgan fingerprint density at radius 3 is 2.82 bits per heavy atom. The number of hydrogen-bond acceptors (Lipinski definition) is 2. The molecule has 0 atom stereocenters. The van der Waals surface area contributed by atoms with Crippen LogP contribution in [0.5, 0.6) is 0 Å². The fourth-order valence-electron chi connectivity index (χ4n) is 2.36. The molecule has 1 heterocycles. The Balaban J connectivity index is 1.75. The smallest absolute Gasteiger partial charge is 0.226 e. The standard InChI is InChI=1S/C13H20N2O2/c16-12(9-11-5-4-8-14-11)15-10-13(17)6-2-1-3-7-13/h4-5,8,14,17H,1-3,6-7,9-10H2,(H,15,16). The molecule has 1 fully saturated rings. The van der Waals surface area contributed by atoms with Crippen LogP contribution < -0.4 is 5.32 Å². The summed E-state index contributed by atoms with van der Waals surface area (Å²) in [6.45, 7) is 0.381. The maximum Gasteiger partial charge on any atom is 0.226 e. The van der Waals surface area contributed by atoms with Crippen LogP contribution >= 0.6 is 0 Å². The highest BCUT2D eigenvalue weighted by atomic mass is 16.3. The lowest BCUT2D eigenvalue weighted by molar-refractivity contribution is -0.122. The SMILES string of the molecule is O=C(Cc1ccc[nH]1)NCC1(O)CCCCC1. The van der Waals surface area contributed by atoms with E-state index >= 15 is 0 Å². The van der Waals surface area contributed by atoms with Crippen molar-refractivity contribution in [2.24, 2.45) is 0 Å². The van der Waals surface area contributed by atoms with Crippen molar-refractivity contribution in [2.45, 2.75) is 44.1 Å². The predicted octanol–water partition coefficient (Wildman–Crippen LogP) is 1.37. The van der Waals surface area contributed by atoms with Gasteiger partial charge in [-0.3, -0.25) is 4.79 Å². The Kier molecular flexibility index (Phi) is 3.84. The van der Waals surface area contributed by atoms with Crippen molar-refractivity contribution in [3.8, 4) is 0 Å². The van der Waals surface area contributed by atoms with Crippen molar-refractivity contribution >= 4 is 5.91 Å². The fraction of sp³-hybridized carbons (Fsp3) is 0.615. The number of hydrogen-bond donors (Lipinski definition) is 3. The van der Waals surface area contributed by atoms with Crippen LogP contribution in [-0.4, -0.2) is 28.1 Å². The molecule has 0 spiro atoms. The van der Waals surface area contributed by atoms with Gasteiger partial charge in [-0.05, 0) is 25.0 Å². The number of rotatable bonds is 4. The van der Waals surface area contributed by atoms with E-state index in [0.29, 0.717) is 13.0 Å². The highest BCUT2D eigenvalue weighted by Gasteiger charge is 2.29. The number of carbonyl (C=O) groups excluding carboxylic acids is 1. The number of carbonyl (C=O) groups is 1. The largest absolute Gasteiger partial charge is 0.388 e. The third-order valence-corrected chi connectivity index (χ3v) is 3.41. The number of H-pyrrole nitrogens is 1. The van der Waals surface area contributed by atoms with E-state index < -0.39 is 5.60 Å². The zero-order valence-corrected chi connectivity index (χ0v) is 10.0. The van der Waals surface area contributed by atoms with Gasteiger partial charge in [0, 0.05) is 18.4 Å². The molecule has 1 amide bonds. The first-order chi connectivity index (χ1) is 8.18. The van der Waals surface area contributed by atoms with E-state index in [1.165, 1.54) is 6.42 Å². The molecule has 0 bridgehead atoms. The van der Waals surface area contributed by atoms with E-state index in [4.69, 9.17) is 0 Å². The molecular weight excluding hydrogens is 216 g/mol. The van der Waals surface area contributed by atoms with Crippen LogP contribution in [0.4, 0.5) is 0 Å². The second-order valence-corrected chi connectivity index (χ2v) is 4.93. The van der Waals surface area contributed by atoms with E-state index in [0.717, 1.165) is 31.4 Å². The Morgan fingerprint density at radius 1 is 1.41 bits per heavy atom. The molecule has 17 heavy (non-hydrogen) atoms. The second-order valence-electron chi connectivity index (χ2n) is 4.93. The van der Waals surface area contributed by atoms with E-state index in [2.05, 4.69) is 10.3 Å². The molecule has 2 rings (SSSR count). The minimum absolute atomic E-state index is 0.0357. The maximum atomic E-state index is 11.7. The summed E-state index contributed by atoms with van der Waals surface area (Å²) < 4.78 is 0. The van der Waals surface area contributed by atoms with Gasteiger partial charge >= 0.3 is 0 Å². The third-order valence-electron chi connectivity index (χ3n) is 3.41. The quantitative estimate of drug-likeness (QED) is 0.739. The Bertz CT molecular complexity index is 354. The summed E-state index contributed by atoms with van der Waals surface area (Å²) in [5, 5.41) is 13.0. The maximum absolute atomic E-state index is 11.7. The van der Waals surface area contributed by atoms with E-state index in [9.17, 15) is 9.90 Å². The van der Waals surface area contributed by atoms with Crippen molar-refractivity contribution in [1.29, 1.82) is 0 Å². The molecular formula is C13H20N2O2. The van der Waals surface area contributed by atoms with Gasteiger partial charge in [0.15, 0.2) is 0 Å². The Morgan fingerprint density at radius 2 is 2.18 bits per heavy atom. The van der Waals surface area contributed by atoms with Gasteiger partial charge in [-0.25, -0.2) is 0 Å². The van der Waals surface area contributed by atoms with Crippen LogP contribution in [0.2, 0.25) is 0 Å². The van der Waals surface area contributed by atoms with Gasteiger partial charge in [0.1, 0.15) is 0 Å². The average molecular weight is 236 g/mol. The zero-order valence-electron chi connectivity index (χ0n) is 10.0. The van der Waals surface area contributed by atoms with Gasteiger partial charge in [0.25, 0.3) is 0 Å². The minimum Gasteiger partial charge on any atom is -0.388 e. The lowest BCUT2D eigenvalue weighted by Crippen LogP contribution is -2.44. The number of nitrogens with one attached hydrogen (secondary N) is 2. The molecule has 0 saturated heterocycles. The summed E-state index contributed by atoms with van der Waals surface area (Å²) in [7, 11) is 0. The van der Waals surface area contributed by atoms with Crippen LogP contribution in [0.25, 0.3) is 0 Å². The van der Waals surface area contributed by atoms with Gasteiger partial charge in [-0.15, -0.1) is 0 Å².